The normalized spacial score (nSPS) is 14.8. The van der Waals surface area contributed by atoms with E-state index in [1.807, 2.05) is 0 Å². The number of thiocarbonyl (C=S) groups is 1. The minimum Gasteiger partial charge on any atom is -0.482 e. The molecule has 1 aromatic carbocycles. The number of thioether (sulfide) groups is 1. The summed E-state index contributed by atoms with van der Waals surface area (Å²) in [6.45, 7) is -0.141. The van der Waals surface area contributed by atoms with Crippen molar-refractivity contribution in [3.8, 4) is 5.75 Å². The van der Waals surface area contributed by atoms with Gasteiger partial charge in [0.25, 0.3) is 5.91 Å². The molecule has 6 nitrogen and oxygen atoms in total. The SMILES string of the molecule is COC(=O)COc1ccc(/C=N\N2C(=O)CSC2=S)cc1. The van der Waals surface area contributed by atoms with Gasteiger partial charge in [0.2, 0.25) is 0 Å². The molecule has 1 aliphatic heterocycles. The predicted molar refractivity (Wildman–Crippen MR) is 83.4 cm³/mol. The van der Waals surface area contributed by atoms with Crippen LogP contribution >= 0.6 is 24.0 Å². The van der Waals surface area contributed by atoms with Crippen LogP contribution in [0.2, 0.25) is 0 Å². The van der Waals surface area contributed by atoms with E-state index in [-0.39, 0.29) is 12.5 Å². The fourth-order valence-corrected chi connectivity index (χ4v) is 2.40. The second-order valence-electron chi connectivity index (χ2n) is 3.94. The van der Waals surface area contributed by atoms with E-state index < -0.39 is 5.97 Å². The standard InChI is InChI=1S/C13H12N2O4S2/c1-18-12(17)7-19-10-4-2-9(3-5-10)6-14-15-11(16)8-21-13(15)20/h2-6H,7-8H2,1H3/b14-6-. The first-order chi connectivity index (χ1) is 10.1. The largest absolute Gasteiger partial charge is 0.482 e. The van der Waals surface area contributed by atoms with Crippen molar-refractivity contribution in [1.29, 1.82) is 0 Å². The van der Waals surface area contributed by atoms with Gasteiger partial charge in [-0.3, -0.25) is 4.79 Å². The van der Waals surface area contributed by atoms with E-state index in [1.54, 1.807) is 30.5 Å². The molecule has 0 aliphatic carbocycles. The van der Waals surface area contributed by atoms with Gasteiger partial charge in [0.15, 0.2) is 10.9 Å². The van der Waals surface area contributed by atoms with Gasteiger partial charge < -0.3 is 9.47 Å². The molecular weight excluding hydrogens is 312 g/mol. The van der Waals surface area contributed by atoms with E-state index in [0.717, 1.165) is 5.56 Å². The Labute approximate surface area is 131 Å². The fraction of sp³-hybridized carbons (Fsp3) is 0.231. The van der Waals surface area contributed by atoms with Crippen molar-refractivity contribution in [1.82, 2.24) is 5.01 Å². The zero-order chi connectivity index (χ0) is 15.2. The van der Waals surface area contributed by atoms with Gasteiger partial charge in [0.1, 0.15) is 5.75 Å². The zero-order valence-corrected chi connectivity index (χ0v) is 12.8. The molecule has 0 radical (unpaired) electrons. The summed E-state index contributed by atoms with van der Waals surface area (Å²) >= 11 is 6.31. The number of methoxy groups -OCH3 is 1. The summed E-state index contributed by atoms with van der Waals surface area (Å²) in [5, 5.41) is 5.26. The Hall–Kier alpha value is -1.93. The number of ether oxygens (including phenoxy) is 2. The number of benzene rings is 1. The van der Waals surface area contributed by atoms with Gasteiger partial charge in [-0.2, -0.15) is 10.1 Å². The second-order valence-corrected chi connectivity index (χ2v) is 5.55. The number of esters is 1. The van der Waals surface area contributed by atoms with Gasteiger partial charge in [0, 0.05) is 0 Å². The van der Waals surface area contributed by atoms with Gasteiger partial charge in [0.05, 0.1) is 19.1 Å². The lowest BCUT2D eigenvalue weighted by Gasteiger charge is -2.07. The summed E-state index contributed by atoms with van der Waals surface area (Å²) in [6.07, 6.45) is 1.54. The number of carbonyl (C=O) groups is 2. The average molecular weight is 324 g/mol. The van der Waals surface area contributed by atoms with E-state index in [0.29, 0.717) is 15.8 Å². The van der Waals surface area contributed by atoms with Crippen molar-refractivity contribution in [2.75, 3.05) is 19.5 Å². The van der Waals surface area contributed by atoms with E-state index in [9.17, 15) is 9.59 Å². The molecule has 8 heteroatoms. The molecule has 0 bridgehead atoms. The lowest BCUT2D eigenvalue weighted by Crippen LogP contribution is -2.22. The van der Waals surface area contributed by atoms with Gasteiger partial charge >= 0.3 is 5.97 Å². The van der Waals surface area contributed by atoms with Crippen LogP contribution in [0.25, 0.3) is 0 Å². The first-order valence-electron chi connectivity index (χ1n) is 5.93. The van der Waals surface area contributed by atoms with Crippen LogP contribution in [0.3, 0.4) is 0 Å². The first-order valence-corrected chi connectivity index (χ1v) is 7.33. The predicted octanol–water partition coefficient (Wildman–Crippen LogP) is 1.43. The molecule has 21 heavy (non-hydrogen) atoms. The first kappa shape index (κ1) is 15.5. The number of amides is 1. The van der Waals surface area contributed by atoms with Crippen LogP contribution in [0.15, 0.2) is 29.4 Å². The molecule has 1 fully saturated rings. The highest BCUT2D eigenvalue weighted by molar-refractivity contribution is 8.23. The maximum atomic E-state index is 11.5. The van der Waals surface area contributed by atoms with Crippen LogP contribution < -0.4 is 4.74 Å². The number of carbonyl (C=O) groups excluding carboxylic acids is 2. The summed E-state index contributed by atoms with van der Waals surface area (Å²) in [5.41, 5.74) is 0.785. The molecule has 1 saturated heterocycles. The molecule has 1 aliphatic rings. The molecule has 0 atom stereocenters. The maximum absolute atomic E-state index is 11.5. The molecule has 1 amide bonds. The van der Waals surface area contributed by atoms with Crippen LogP contribution in [0.5, 0.6) is 5.75 Å². The highest BCUT2D eigenvalue weighted by Gasteiger charge is 2.25. The van der Waals surface area contributed by atoms with E-state index >= 15 is 0 Å². The van der Waals surface area contributed by atoms with Crippen LogP contribution in [0.4, 0.5) is 0 Å². The third-order valence-electron chi connectivity index (χ3n) is 2.52. The lowest BCUT2D eigenvalue weighted by atomic mass is 10.2. The molecule has 1 aromatic rings. The molecule has 0 aromatic heterocycles. The summed E-state index contributed by atoms with van der Waals surface area (Å²) in [5.74, 6) is 0.301. The summed E-state index contributed by atoms with van der Waals surface area (Å²) in [6, 6.07) is 6.91. The van der Waals surface area contributed by atoms with E-state index in [4.69, 9.17) is 17.0 Å². The number of hydrogen-bond acceptors (Lipinski definition) is 7. The molecule has 0 unspecified atom stereocenters. The van der Waals surface area contributed by atoms with Crippen molar-refractivity contribution in [3.63, 3.8) is 0 Å². The highest BCUT2D eigenvalue weighted by atomic mass is 32.2. The smallest absolute Gasteiger partial charge is 0.343 e. The van der Waals surface area contributed by atoms with E-state index in [1.165, 1.54) is 23.9 Å². The molecule has 1 heterocycles. The zero-order valence-electron chi connectivity index (χ0n) is 11.1. The van der Waals surface area contributed by atoms with E-state index in [2.05, 4.69) is 9.84 Å². The number of hydrazone groups is 1. The third kappa shape index (κ3) is 4.27. The Kier molecular flexibility index (Phi) is 5.29. The Morgan fingerprint density at radius 2 is 2.19 bits per heavy atom. The summed E-state index contributed by atoms with van der Waals surface area (Å²) < 4.78 is 10.1. The highest BCUT2D eigenvalue weighted by Crippen LogP contribution is 2.19. The monoisotopic (exact) mass is 324 g/mol. The Bertz CT molecular complexity index is 570. The van der Waals surface area contributed by atoms with Crippen molar-refractivity contribution in [2.45, 2.75) is 0 Å². The minimum absolute atomic E-state index is 0.126. The van der Waals surface area contributed by atoms with Crippen LogP contribution in [0.1, 0.15) is 5.56 Å². The molecule has 2 rings (SSSR count). The molecule has 0 saturated carbocycles. The van der Waals surface area contributed by atoms with Gasteiger partial charge in [-0.1, -0.05) is 24.0 Å². The van der Waals surface area contributed by atoms with Crippen molar-refractivity contribution >= 4 is 46.4 Å². The number of hydrogen-bond donors (Lipinski definition) is 0. The van der Waals surface area contributed by atoms with Crippen LogP contribution in [-0.2, 0) is 14.3 Å². The Morgan fingerprint density at radius 1 is 1.48 bits per heavy atom. The average Bonchev–Trinajstić information content (AvgIpc) is 2.82. The van der Waals surface area contributed by atoms with Crippen molar-refractivity contribution in [3.05, 3.63) is 29.8 Å². The molecule has 110 valence electrons. The Morgan fingerprint density at radius 3 is 2.76 bits per heavy atom. The molecule has 0 spiro atoms. The maximum Gasteiger partial charge on any atom is 0.343 e. The minimum atomic E-state index is -0.445. The van der Waals surface area contributed by atoms with Gasteiger partial charge in [-0.15, -0.1) is 0 Å². The van der Waals surface area contributed by atoms with Gasteiger partial charge in [-0.05, 0) is 29.8 Å². The summed E-state index contributed by atoms with van der Waals surface area (Å²) in [4.78, 5) is 22.4. The molecular formula is C13H12N2O4S2. The lowest BCUT2D eigenvalue weighted by molar-refractivity contribution is -0.142. The van der Waals surface area contributed by atoms with Crippen molar-refractivity contribution < 1.29 is 19.1 Å². The summed E-state index contributed by atoms with van der Waals surface area (Å²) in [7, 11) is 1.30. The Balaban J connectivity index is 1.94. The molecule has 0 N–H and O–H groups in total. The van der Waals surface area contributed by atoms with Gasteiger partial charge in [-0.25, -0.2) is 4.79 Å². The fourth-order valence-electron chi connectivity index (χ4n) is 1.43. The third-order valence-corrected chi connectivity index (χ3v) is 3.85. The quantitative estimate of drug-likeness (QED) is 0.464. The second kappa shape index (κ2) is 7.19. The van der Waals surface area contributed by atoms with Crippen LogP contribution in [-0.4, -0.2) is 46.9 Å². The topological polar surface area (TPSA) is 68.2 Å². The number of nitrogens with zero attached hydrogens (tertiary/aromatic N) is 2. The van der Waals surface area contributed by atoms with Crippen molar-refractivity contribution in [2.24, 2.45) is 5.10 Å². The van der Waals surface area contributed by atoms with Crippen LogP contribution in [0, 0.1) is 0 Å². The number of rotatable bonds is 5.